The highest BCUT2D eigenvalue weighted by atomic mass is 32.2. The molecule has 140 valence electrons. The number of fused-ring (bicyclic) bond motifs is 1. The molecule has 6 heteroatoms. The zero-order chi connectivity index (χ0) is 19.3. The van der Waals surface area contributed by atoms with E-state index in [0.717, 1.165) is 31.2 Å². The highest BCUT2D eigenvalue weighted by Crippen LogP contribution is 2.37. The van der Waals surface area contributed by atoms with Crippen molar-refractivity contribution in [2.24, 2.45) is 0 Å². The summed E-state index contributed by atoms with van der Waals surface area (Å²) in [5.74, 6) is -0.000808. The number of thiophene rings is 1. The van der Waals surface area contributed by atoms with Gasteiger partial charge < -0.3 is 5.32 Å². The van der Waals surface area contributed by atoms with Gasteiger partial charge in [-0.05, 0) is 24.1 Å². The van der Waals surface area contributed by atoms with Crippen molar-refractivity contribution in [3.8, 4) is 10.4 Å². The topological polar surface area (TPSA) is 54.9 Å². The van der Waals surface area contributed by atoms with Gasteiger partial charge in [0.05, 0.1) is 5.25 Å². The van der Waals surface area contributed by atoms with Crippen LogP contribution >= 0.6 is 23.1 Å². The summed E-state index contributed by atoms with van der Waals surface area (Å²) >= 11 is 3.11. The molecule has 0 aliphatic rings. The van der Waals surface area contributed by atoms with Crippen molar-refractivity contribution in [2.75, 3.05) is 0 Å². The maximum Gasteiger partial charge on any atom is 0.233 e. The second-order valence-electron chi connectivity index (χ2n) is 6.34. The van der Waals surface area contributed by atoms with Gasteiger partial charge in [-0.25, -0.2) is 9.97 Å². The van der Waals surface area contributed by atoms with E-state index in [-0.39, 0.29) is 11.2 Å². The van der Waals surface area contributed by atoms with Crippen molar-refractivity contribution in [1.29, 1.82) is 0 Å². The lowest BCUT2D eigenvalue weighted by atomic mass is 10.2. The second-order valence-corrected chi connectivity index (χ2v) is 8.70. The van der Waals surface area contributed by atoms with Crippen molar-refractivity contribution in [1.82, 2.24) is 15.3 Å². The van der Waals surface area contributed by atoms with Crippen molar-refractivity contribution >= 4 is 39.2 Å². The maximum absolute atomic E-state index is 12.5. The fraction of sp³-hybridized carbons (Fsp3) is 0.136. The van der Waals surface area contributed by atoms with Gasteiger partial charge in [0, 0.05) is 16.8 Å². The summed E-state index contributed by atoms with van der Waals surface area (Å²) in [6, 6.07) is 22.3. The summed E-state index contributed by atoms with van der Waals surface area (Å²) in [5, 5.41) is 4.59. The molecule has 1 unspecified atom stereocenters. The lowest BCUT2D eigenvalue weighted by Crippen LogP contribution is -2.30. The quantitative estimate of drug-likeness (QED) is 0.356. The molecule has 4 aromatic rings. The summed E-state index contributed by atoms with van der Waals surface area (Å²) in [4.78, 5) is 23.4. The van der Waals surface area contributed by atoms with Gasteiger partial charge in [-0.3, -0.25) is 4.79 Å². The number of aromatic nitrogens is 2. The molecule has 2 heterocycles. The molecule has 0 aliphatic heterocycles. The molecule has 28 heavy (non-hydrogen) atoms. The zero-order valence-corrected chi connectivity index (χ0v) is 17.0. The highest BCUT2D eigenvalue weighted by Gasteiger charge is 2.18. The molecule has 0 bridgehead atoms. The lowest BCUT2D eigenvalue weighted by Gasteiger charge is -2.12. The van der Waals surface area contributed by atoms with E-state index < -0.39 is 0 Å². The molecule has 1 atom stereocenters. The van der Waals surface area contributed by atoms with Crippen LogP contribution < -0.4 is 5.32 Å². The largest absolute Gasteiger partial charge is 0.351 e. The van der Waals surface area contributed by atoms with Gasteiger partial charge in [-0.1, -0.05) is 72.4 Å². The Morgan fingerprint density at radius 2 is 1.79 bits per heavy atom. The Kier molecular flexibility index (Phi) is 5.69. The average molecular weight is 406 g/mol. The van der Waals surface area contributed by atoms with Crippen LogP contribution in [0.3, 0.4) is 0 Å². The van der Waals surface area contributed by atoms with Gasteiger partial charge in [0.15, 0.2) is 0 Å². The highest BCUT2D eigenvalue weighted by molar-refractivity contribution is 8.00. The number of carbonyl (C=O) groups is 1. The first kappa shape index (κ1) is 18.7. The summed E-state index contributed by atoms with van der Waals surface area (Å²) < 4.78 is 0. The van der Waals surface area contributed by atoms with E-state index in [9.17, 15) is 4.79 Å². The normalized spacial score (nSPS) is 12.0. The van der Waals surface area contributed by atoms with Crippen molar-refractivity contribution in [3.63, 3.8) is 0 Å². The summed E-state index contributed by atoms with van der Waals surface area (Å²) in [6.45, 7) is 2.43. The molecule has 2 aromatic carbocycles. The number of nitrogens with zero attached hydrogens (tertiary/aromatic N) is 2. The summed E-state index contributed by atoms with van der Waals surface area (Å²) in [7, 11) is 0. The molecule has 0 aliphatic carbocycles. The van der Waals surface area contributed by atoms with Crippen LogP contribution in [0.4, 0.5) is 0 Å². The Morgan fingerprint density at radius 3 is 2.54 bits per heavy atom. The molecule has 0 radical (unpaired) electrons. The van der Waals surface area contributed by atoms with Gasteiger partial charge in [-0.2, -0.15) is 0 Å². The van der Waals surface area contributed by atoms with Gasteiger partial charge in [0.25, 0.3) is 0 Å². The molecule has 2 aromatic heterocycles. The van der Waals surface area contributed by atoms with E-state index in [1.807, 2.05) is 55.5 Å². The summed E-state index contributed by atoms with van der Waals surface area (Å²) in [5.41, 5.74) is 2.25. The van der Waals surface area contributed by atoms with E-state index in [1.54, 1.807) is 17.7 Å². The van der Waals surface area contributed by atoms with Crippen molar-refractivity contribution < 1.29 is 4.79 Å². The standard InChI is InChI=1S/C22H19N3OS2/c1-15(20(26)23-13-16-8-4-2-5-9-16)27-21-18-12-19(17-10-6-3-7-11-17)28-22(18)25-14-24-21/h2-12,14-15H,13H2,1H3,(H,23,26). The minimum Gasteiger partial charge on any atom is -0.351 e. The molecule has 1 N–H and O–H groups in total. The van der Waals surface area contributed by atoms with E-state index in [4.69, 9.17) is 0 Å². The maximum atomic E-state index is 12.5. The summed E-state index contributed by atoms with van der Waals surface area (Å²) in [6.07, 6.45) is 1.57. The Hall–Kier alpha value is -2.70. The van der Waals surface area contributed by atoms with Crippen LogP contribution in [0.25, 0.3) is 20.7 Å². The third-order valence-electron chi connectivity index (χ3n) is 4.32. The minimum absolute atomic E-state index is 0.000808. The van der Waals surface area contributed by atoms with Crippen LogP contribution in [-0.2, 0) is 11.3 Å². The van der Waals surface area contributed by atoms with E-state index in [1.165, 1.54) is 11.8 Å². The average Bonchev–Trinajstić information content (AvgIpc) is 3.19. The van der Waals surface area contributed by atoms with Gasteiger partial charge in [0.1, 0.15) is 16.2 Å². The van der Waals surface area contributed by atoms with Gasteiger partial charge >= 0.3 is 0 Å². The van der Waals surface area contributed by atoms with E-state index in [0.29, 0.717) is 6.54 Å². The number of hydrogen-bond donors (Lipinski definition) is 1. The number of rotatable bonds is 6. The molecular formula is C22H19N3OS2. The monoisotopic (exact) mass is 405 g/mol. The molecule has 0 spiro atoms. The zero-order valence-electron chi connectivity index (χ0n) is 15.3. The fourth-order valence-electron chi connectivity index (χ4n) is 2.82. The number of nitrogens with one attached hydrogen (secondary N) is 1. The van der Waals surface area contributed by atoms with Crippen LogP contribution in [0.1, 0.15) is 12.5 Å². The smallest absolute Gasteiger partial charge is 0.233 e. The van der Waals surface area contributed by atoms with Crippen LogP contribution in [0.2, 0.25) is 0 Å². The third kappa shape index (κ3) is 4.24. The first-order valence-corrected chi connectivity index (χ1v) is 10.7. The van der Waals surface area contributed by atoms with Crippen LogP contribution in [-0.4, -0.2) is 21.1 Å². The Morgan fingerprint density at radius 1 is 1.07 bits per heavy atom. The molecular weight excluding hydrogens is 386 g/mol. The predicted octanol–water partition coefficient (Wildman–Crippen LogP) is 5.16. The minimum atomic E-state index is -0.248. The molecule has 0 saturated heterocycles. The molecule has 1 amide bonds. The van der Waals surface area contributed by atoms with Crippen molar-refractivity contribution in [2.45, 2.75) is 23.7 Å². The fourth-order valence-corrected chi connectivity index (χ4v) is 4.81. The Bertz CT molecular complexity index is 1080. The van der Waals surface area contributed by atoms with E-state index in [2.05, 4.69) is 33.5 Å². The molecule has 4 rings (SSSR count). The van der Waals surface area contributed by atoms with Gasteiger partial charge in [0.2, 0.25) is 5.91 Å². The van der Waals surface area contributed by atoms with Crippen LogP contribution in [0, 0.1) is 0 Å². The number of benzene rings is 2. The van der Waals surface area contributed by atoms with Crippen LogP contribution in [0.5, 0.6) is 0 Å². The van der Waals surface area contributed by atoms with Crippen molar-refractivity contribution in [3.05, 3.63) is 78.6 Å². The lowest BCUT2D eigenvalue weighted by molar-refractivity contribution is -0.120. The predicted molar refractivity (Wildman–Crippen MR) is 116 cm³/mol. The number of hydrogen-bond acceptors (Lipinski definition) is 5. The number of thioether (sulfide) groups is 1. The third-order valence-corrected chi connectivity index (χ3v) is 6.53. The Labute approximate surface area is 172 Å². The van der Waals surface area contributed by atoms with E-state index >= 15 is 0 Å². The SMILES string of the molecule is CC(Sc1ncnc2sc(-c3ccccc3)cc12)C(=O)NCc1ccccc1. The molecule has 4 nitrogen and oxygen atoms in total. The number of carbonyl (C=O) groups excluding carboxylic acids is 1. The first-order valence-electron chi connectivity index (χ1n) is 8.99. The molecule has 0 fully saturated rings. The second kappa shape index (κ2) is 8.54. The van der Waals surface area contributed by atoms with Gasteiger partial charge in [-0.15, -0.1) is 11.3 Å². The first-order chi connectivity index (χ1) is 13.7. The Balaban J connectivity index is 1.49. The van der Waals surface area contributed by atoms with Crippen LogP contribution in [0.15, 0.2) is 78.1 Å². The number of amides is 1. The molecule has 0 saturated carbocycles.